The van der Waals surface area contributed by atoms with E-state index in [1.54, 1.807) is 12.4 Å². The molecule has 0 spiro atoms. The smallest absolute Gasteiger partial charge is 0.320 e. The van der Waals surface area contributed by atoms with Crippen LogP contribution < -0.4 is 10.6 Å². The van der Waals surface area contributed by atoms with Crippen molar-refractivity contribution in [2.75, 3.05) is 18.1 Å². The van der Waals surface area contributed by atoms with E-state index >= 15 is 0 Å². The number of primary amides is 1. The number of aromatic nitrogens is 2. The van der Waals surface area contributed by atoms with E-state index in [1.165, 1.54) is 4.90 Å². The largest absolute Gasteiger partial charge is 0.377 e. The maximum Gasteiger partial charge on any atom is 0.320 e. The molecule has 0 bridgehead atoms. The van der Waals surface area contributed by atoms with Gasteiger partial charge in [0.05, 0.1) is 6.61 Å². The number of urea groups is 1. The summed E-state index contributed by atoms with van der Waals surface area (Å²) in [7, 11) is 0. The van der Waals surface area contributed by atoms with Crippen molar-refractivity contribution >= 4 is 11.8 Å². The van der Waals surface area contributed by atoms with Crippen LogP contribution in [0, 0.1) is 0 Å². The number of carbonyl (C=O) groups excluding carboxylic acids is 1. The van der Waals surface area contributed by atoms with Crippen LogP contribution in [0.15, 0.2) is 30.7 Å². The third-order valence-electron chi connectivity index (χ3n) is 3.89. The Balaban J connectivity index is 1.91. The number of hydrogen-bond donors (Lipinski definition) is 1. The average molecular weight is 312 g/mol. The van der Waals surface area contributed by atoms with Gasteiger partial charge in [0.1, 0.15) is 5.82 Å². The number of amides is 2. The fraction of sp³-hybridized carbons (Fsp3) is 0.353. The lowest BCUT2D eigenvalue weighted by Gasteiger charge is -2.26. The molecular weight excluding hydrogens is 292 g/mol. The van der Waals surface area contributed by atoms with Gasteiger partial charge in [-0.3, -0.25) is 9.88 Å². The van der Waals surface area contributed by atoms with Crippen LogP contribution >= 0.6 is 0 Å². The van der Waals surface area contributed by atoms with Crippen molar-refractivity contribution in [1.82, 2.24) is 9.97 Å². The van der Waals surface area contributed by atoms with Crippen LogP contribution in [0.3, 0.4) is 0 Å². The van der Waals surface area contributed by atoms with Crippen molar-refractivity contribution < 1.29 is 9.53 Å². The molecule has 1 aliphatic heterocycles. The number of hydrogen-bond acceptors (Lipinski definition) is 4. The molecule has 0 unspecified atom stereocenters. The third kappa shape index (κ3) is 3.32. The minimum Gasteiger partial charge on any atom is -0.377 e. The molecule has 23 heavy (non-hydrogen) atoms. The van der Waals surface area contributed by atoms with E-state index in [0.717, 1.165) is 35.1 Å². The van der Waals surface area contributed by atoms with Crippen LogP contribution in [-0.4, -0.2) is 29.2 Å². The topological polar surface area (TPSA) is 81.3 Å². The van der Waals surface area contributed by atoms with E-state index in [2.05, 4.69) is 22.1 Å². The second-order valence-corrected chi connectivity index (χ2v) is 5.52. The molecule has 0 aliphatic carbocycles. The molecule has 2 aromatic heterocycles. The predicted octanol–water partition coefficient (Wildman–Crippen LogP) is 2.51. The number of anilines is 1. The van der Waals surface area contributed by atoms with E-state index < -0.39 is 6.03 Å². The van der Waals surface area contributed by atoms with E-state index in [1.807, 2.05) is 13.1 Å². The van der Waals surface area contributed by atoms with Crippen molar-refractivity contribution in [3.63, 3.8) is 0 Å². The lowest BCUT2D eigenvalue weighted by Crippen LogP contribution is -2.40. The Morgan fingerprint density at radius 1 is 1.30 bits per heavy atom. The average Bonchev–Trinajstić information content (AvgIpc) is 2.59. The Labute approximate surface area is 135 Å². The normalized spacial score (nSPS) is 13.7. The number of pyridine rings is 2. The van der Waals surface area contributed by atoms with E-state index in [0.29, 0.717) is 25.6 Å². The summed E-state index contributed by atoms with van der Waals surface area (Å²) in [4.78, 5) is 21.8. The van der Waals surface area contributed by atoms with Crippen LogP contribution in [0.1, 0.15) is 24.5 Å². The van der Waals surface area contributed by atoms with Gasteiger partial charge in [-0.1, -0.05) is 0 Å². The summed E-state index contributed by atoms with van der Waals surface area (Å²) < 4.78 is 5.43. The molecular formula is C17H20N4O2. The first-order valence-electron chi connectivity index (χ1n) is 7.77. The molecule has 0 atom stereocenters. The number of rotatable bonds is 4. The van der Waals surface area contributed by atoms with Crippen LogP contribution in [0.25, 0.3) is 11.1 Å². The molecule has 6 heteroatoms. The monoisotopic (exact) mass is 312 g/mol. The summed E-state index contributed by atoms with van der Waals surface area (Å²) in [6.45, 7) is 3.81. The molecule has 6 nitrogen and oxygen atoms in total. The van der Waals surface area contributed by atoms with Crippen LogP contribution in [0.4, 0.5) is 10.6 Å². The quantitative estimate of drug-likeness (QED) is 0.940. The highest BCUT2D eigenvalue weighted by atomic mass is 16.5. The highest BCUT2D eigenvalue weighted by Crippen LogP contribution is 2.29. The first-order valence-corrected chi connectivity index (χ1v) is 7.77. The molecule has 0 fully saturated rings. The Morgan fingerprint density at radius 3 is 2.91 bits per heavy atom. The van der Waals surface area contributed by atoms with Gasteiger partial charge in [-0.15, -0.1) is 0 Å². The van der Waals surface area contributed by atoms with Gasteiger partial charge in [0.15, 0.2) is 0 Å². The van der Waals surface area contributed by atoms with Gasteiger partial charge in [0.2, 0.25) is 0 Å². The van der Waals surface area contributed by atoms with Gasteiger partial charge >= 0.3 is 6.03 Å². The molecule has 0 radical (unpaired) electrons. The number of aryl methyl sites for hydroxylation is 1. The summed E-state index contributed by atoms with van der Waals surface area (Å²) in [5.41, 5.74) is 9.47. The summed E-state index contributed by atoms with van der Waals surface area (Å²) >= 11 is 0. The number of fused-ring (bicyclic) bond motifs is 1. The Bertz CT molecular complexity index is 717. The highest BCUT2D eigenvalue weighted by Gasteiger charge is 2.22. The minimum absolute atomic E-state index is 0.452. The molecule has 0 aromatic carbocycles. The number of carbonyl (C=O) groups is 1. The predicted molar refractivity (Wildman–Crippen MR) is 88.0 cm³/mol. The van der Waals surface area contributed by atoms with Gasteiger partial charge in [-0.05, 0) is 43.0 Å². The molecule has 2 N–H and O–H groups in total. The van der Waals surface area contributed by atoms with Crippen LogP contribution in [0.5, 0.6) is 0 Å². The van der Waals surface area contributed by atoms with E-state index in [9.17, 15) is 4.79 Å². The number of ether oxygens (including phenoxy) is 1. The van der Waals surface area contributed by atoms with E-state index in [-0.39, 0.29) is 0 Å². The molecule has 2 aromatic rings. The summed E-state index contributed by atoms with van der Waals surface area (Å²) in [6.07, 6.45) is 7.17. The Hall–Kier alpha value is -2.47. The molecule has 1 aliphatic rings. The van der Waals surface area contributed by atoms with Crippen molar-refractivity contribution in [3.8, 4) is 11.1 Å². The van der Waals surface area contributed by atoms with Crippen LogP contribution in [-0.2, 0) is 17.8 Å². The van der Waals surface area contributed by atoms with Crippen molar-refractivity contribution in [1.29, 1.82) is 0 Å². The second kappa shape index (κ2) is 6.75. The molecule has 120 valence electrons. The van der Waals surface area contributed by atoms with Gasteiger partial charge in [0.25, 0.3) is 0 Å². The van der Waals surface area contributed by atoms with Gasteiger partial charge in [0, 0.05) is 42.9 Å². The fourth-order valence-corrected chi connectivity index (χ4v) is 2.78. The second-order valence-electron chi connectivity index (χ2n) is 5.52. The van der Waals surface area contributed by atoms with Gasteiger partial charge in [-0.25, -0.2) is 9.78 Å². The van der Waals surface area contributed by atoms with E-state index in [4.69, 9.17) is 10.5 Å². The lowest BCUT2D eigenvalue weighted by molar-refractivity contribution is 0.134. The van der Waals surface area contributed by atoms with Crippen molar-refractivity contribution in [2.45, 2.75) is 26.4 Å². The number of nitrogens with two attached hydrogens (primary N) is 1. The summed E-state index contributed by atoms with van der Waals surface area (Å²) in [5, 5.41) is 0. The van der Waals surface area contributed by atoms with Gasteiger partial charge < -0.3 is 10.5 Å². The van der Waals surface area contributed by atoms with Gasteiger partial charge in [-0.2, -0.15) is 0 Å². The minimum atomic E-state index is -0.452. The zero-order chi connectivity index (χ0) is 16.2. The molecule has 3 rings (SSSR count). The summed E-state index contributed by atoms with van der Waals surface area (Å²) in [5.74, 6) is 0.672. The number of nitrogens with zero attached hydrogens (tertiary/aromatic N) is 3. The maximum atomic E-state index is 11.5. The maximum absolute atomic E-state index is 11.5. The highest BCUT2D eigenvalue weighted by molar-refractivity contribution is 5.91. The lowest BCUT2D eigenvalue weighted by atomic mass is 10.0. The standard InChI is InChI=1S/C17H20N4O2/c1-2-23-11-12-6-14(9-19-8-12)15-7-13-4-3-5-21(17(18)22)16(13)20-10-15/h6-10H,2-5,11H2,1H3,(H2,18,22). The third-order valence-corrected chi connectivity index (χ3v) is 3.89. The molecule has 0 saturated carbocycles. The zero-order valence-electron chi connectivity index (χ0n) is 13.2. The Morgan fingerprint density at radius 2 is 2.13 bits per heavy atom. The first-order chi connectivity index (χ1) is 11.2. The first kappa shape index (κ1) is 15.4. The van der Waals surface area contributed by atoms with Crippen molar-refractivity contribution in [2.24, 2.45) is 5.73 Å². The van der Waals surface area contributed by atoms with Crippen molar-refractivity contribution in [3.05, 3.63) is 41.9 Å². The van der Waals surface area contributed by atoms with Crippen LogP contribution in [0.2, 0.25) is 0 Å². The fourth-order valence-electron chi connectivity index (χ4n) is 2.78. The summed E-state index contributed by atoms with van der Waals surface area (Å²) in [6, 6.07) is 3.67. The zero-order valence-corrected chi connectivity index (χ0v) is 13.2. The Kier molecular flexibility index (Phi) is 4.52. The SMILES string of the molecule is CCOCc1cncc(-c2cnc3c(c2)CCCN3C(N)=O)c1. The molecule has 0 saturated heterocycles. The molecule has 3 heterocycles. The molecule has 2 amide bonds.